The van der Waals surface area contributed by atoms with Crippen molar-refractivity contribution in [3.63, 3.8) is 0 Å². The molecule has 0 unspecified atom stereocenters. The first kappa shape index (κ1) is 16.7. The summed E-state index contributed by atoms with van der Waals surface area (Å²) in [4.78, 5) is 3.71. The summed E-state index contributed by atoms with van der Waals surface area (Å²) in [6.45, 7) is 0. The third-order valence-corrected chi connectivity index (χ3v) is 6.34. The summed E-state index contributed by atoms with van der Waals surface area (Å²) in [5.41, 5.74) is -0.0857. The lowest BCUT2D eigenvalue weighted by Crippen LogP contribution is -2.12. The zero-order valence-corrected chi connectivity index (χ0v) is 14.6. The highest BCUT2D eigenvalue weighted by atomic mass is 35.7. The number of nitrogens with zero attached hydrogens (tertiary/aromatic N) is 2. The standard InChI is InChI=1S/C14H11ClN2O5S2/c1-22-13-8-7-11-12(23(15,18)19)9-17(14(11)16-13)24(20,21)10-5-3-2-4-6-10/h2-9H,1H3. The van der Waals surface area contributed by atoms with Gasteiger partial charge in [-0.25, -0.2) is 20.8 Å². The van der Waals surface area contributed by atoms with Crippen LogP contribution >= 0.6 is 10.7 Å². The average molecular weight is 387 g/mol. The maximum atomic E-state index is 12.8. The lowest BCUT2D eigenvalue weighted by molar-refractivity contribution is 0.399. The van der Waals surface area contributed by atoms with Gasteiger partial charge in [0.25, 0.3) is 19.1 Å². The van der Waals surface area contributed by atoms with Gasteiger partial charge in [0.15, 0.2) is 5.65 Å². The van der Waals surface area contributed by atoms with Crippen LogP contribution in [0.25, 0.3) is 11.0 Å². The first-order chi connectivity index (χ1) is 11.2. The minimum Gasteiger partial charge on any atom is -0.481 e. The summed E-state index contributed by atoms with van der Waals surface area (Å²) >= 11 is 0. The first-order valence-electron chi connectivity index (χ1n) is 6.56. The Labute approximate surface area is 142 Å². The summed E-state index contributed by atoms with van der Waals surface area (Å²) < 4.78 is 55.0. The molecule has 2 aromatic heterocycles. The van der Waals surface area contributed by atoms with Crippen molar-refractivity contribution in [1.82, 2.24) is 8.96 Å². The smallest absolute Gasteiger partial charge is 0.269 e. The predicted molar refractivity (Wildman–Crippen MR) is 88.3 cm³/mol. The van der Waals surface area contributed by atoms with E-state index in [0.29, 0.717) is 0 Å². The molecule has 0 saturated carbocycles. The Kier molecular flexibility index (Phi) is 4.02. The number of methoxy groups -OCH3 is 1. The van der Waals surface area contributed by atoms with E-state index in [0.717, 1.165) is 10.2 Å². The number of hydrogen-bond acceptors (Lipinski definition) is 6. The van der Waals surface area contributed by atoms with Gasteiger partial charge in [-0.2, -0.15) is 4.98 Å². The fourth-order valence-electron chi connectivity index (χ4n) is 2.23. The van der Waals surface area contributed by atoms with Gasteiger partial charge >= 0.3 is 0 Å². The van der Waals surface area contributed by atoms with Crippen LogP contribution < -0.4 is 4.74 Å². The molecule has 126 valence electrons. The van der Waals surface area contributed by atoms with E-state index < -0.39 is 19.1 Å². The highest BCUT2D eigenvalue weighted by Crippen LogP contribution is 2.31. The molecule has 0 aliphatic rings. The minimum absolute atomic E-state index is 0.00922. The largest absolute Gasteiger partial charge is 0.481 e. The molecule has 0 aliphatic heterocycles. The molecule has 0 fully saturated rings. The van der Waals surface area contributed by atoms with Crippen molar-refractivity contribution >= 4 is 40.8 Å². The van der Waals surface area contributed by atoms with Gasteiger partial charge in [-0.15, -0.1) is 0 Å². The van der Waals surface area contributed by atoms with Gasteiger partial charge < -0.3 is 4.74 Å². The van der Waals surface area contributed by atoms with Crippen LogP contribution in [0.4, 0.5) is 0 Å². The van der Waals surface area contributed by atoms with Crippen LogP contribution in [0, 0.1) is 0 Å². The molecule has 1 aromatic carbocycles. The number of hydrogen-bond donors (Lipinski definition) is 0. The molecule has 3 rings (SSSR count). The fourth-order valence-corrected chi connectivity index (χ4v) is 4.65. The van der Waals surface area contributed by atoms with Crippen LogP contribution in [-0.4, -0.2) is 32.9 Å². The SMILES string of the molecule is COc1ccc2c(S(=O)(=O)Cl)cn(S(=O)(=O)c3ccccc3)c2n1. The van der Waals surface area contributed by atoms with Crippen LogP contribution in [0.1, 0.15) is 0 Å². The minimum atomic E-state index is -4.16. The molecule has 0 radical (unpaired) electrons. The van der Waals surface area contributed by atoms with E-state index in [-0.39, 0.29) is 26.7 Å². The Hall–Kier alpha value is -2.10. The summed E-state index contributed by atoms with van der Waals surface area (Å²) in [5.74, 6) is 0.142. The Morgan fingerprint density at radius 2 is 1.71 bits per heavy atom. The molecular formula is C14H11ClN2O5S2. The molecule has 0 amide bonds. The second-order valence-corrected chi connectivity index (χ2v) is 9.12. The van der Waals surface area contributed by atoms with E-state index in [1.807, 2.05) is 0 Å². The third-order valence-electron chi connectivity index (χ3n) is 3.33. The van der Waals surface area contributed by atoms with Crippen molar-refractivity contribution in [1.29, 1.82) is 0 Å². The van der Waals surface area contributed by atoms with E-state index in [9.17, 15) is 16.8 Å². The van der Waals surface area contributed by atoms with Crippen LogP contribution in [0.2, 0.25) is 0 Å². The van der Waals surface area contributed by atoms with Gasteiger partial charge in [-0.3, -0.25) is 0 Å². The van der Waals surface area contributed by atoms with Crippen molar-refractivity contribution in [2.45, 2.75) is 9.79 Å². The van der Waals surface area contributed by atoms with Crippen molar-refractivity contribution in [3.8, 4) is 5.88 Å². The molecule has 0 aliphatic carbocycles. The highest BCUT2D eigenvalue weighted by molar-refractivity contribution is 8.14. The van der Waals surface area contributed by atoms with Gasteiger partial charge in [0.1, 0.15) is 4.90 Å². The quantitative estimate of drug-likeness (QED) is 0.638. The number of pyridine rings is 1. The number of aromatic nitrogens is 2. The number of fused-ring (bicyclic) bond motifs is 1. The van der Waals surface area contributed by atoms with Crippen molar-refractivity contribution < 1.29 is 21.6 Å². The number of rotatable bonds is 4. The van der Waals surface area contributed by atoms with Gasteiger partial charge in [0, 0.05) is 28.3 Å². The van der Waals surface area contributed by atoms with E-state index in [1.54, 1.807) is 18.2 Å². The van der Waals surface area contributed by atoms with Crippen LogP contribution in [0.5, 0.6) is 5.88 Å². The molecule has 7 nitrogen and oxygen atoms in total. The topological polar surface area (TPSA) is 95.3 Å². The second kappa shape index (κ2) is 5.76. The molecule has 10 heteroatoms. The fraction of sp³-hybridized carbons (Fsp3) is 0.0714. The summed E-state index contributed by atoms with van der Waals surface area (Å²) in [6.07, 6.45) is 0.946. The lowest BCUT2D eigenvalue weighted by Gasteiger charge is -2.07. The van der Waals surface area contributed by atoms with E-state index >= 15 is 0 Å². The Bertz CT molecular complexity index is 1120. The highest BCUT2D eigenvalue weighted by Gasteiger charge is 2.26. The average Bonchev–Trinajstić information content (AvgIpc) is 2.95. The van der Waals surface area contributed by atoms with Crippen molar-refractivity contribution in [3.05, 3.63) is 48.7 Å². The number of halogens is 1. The molecular weight excluding hydrogens is 376 g/mol. The monoisotopic (exact) mass is 386 g/mol. The molecule has 24 heavy (non-hydrogen) atoms. The van der Waals surface area contributed by atoms with Gasteiger partial charge in [-0.05, 0) is 18.2 Å². The van der Waals surface area contributed by atoms with Crippen LogP contribution in [0.15, 0.2) is 58.5 Å². The van der Waals surface area contributed by atoms with Gasteiger partial charge in [0.05, 0.1) is 12.0 Å². The number of benzene rings is 1. The normalized spacial score (nSPS) is 12.4. The Morgan fingerprint density at radius 1 is 1.04 bits per heavy atom. The summed E-state index contributed by atoms with van der Waals surface area (Å²) in [7, 11) is -1.43. The number of ether oxygens (including phenoxy) is 1. The molecule has 0 bridgehead atoms. The summed E-state index contributed by atoms with van der Waals surface area (Å²) in [5, 5.41) is 0.0882. The van der Waals surface area contributed by atoms with Crippen LogP contribution in [-0.2, 0) is 19.1 Å². The van der Waals surface area contributed by atoms with Crippen molar-refractivity contribution in [2.24, 2.45) is 0 Å². The maximum absolute atomic E-state index is 12.8. The van der Waals surface area contributed by atoms with Crippen molar-refractivity contribution in [2.75, 3.05) is 7.11 Å². The Balaban J connectivity index is 2.40. The Morgan fingerprint density at radius 3 is 2.29 bits per heavy atom. The summed E-state index contributed by atoms with van der Waals surface area (Å²) in [6, 6.07) is 10.4. The van der Waals surface area contributed by atoms with E-state index in [4.69, 9.17) is 15.4 Å². The zero-order chi connectivity index (χ0) is 17.5. The molecule has 2 heterocycles. The molecule has 0 atom stereocenters. The predicted octanol–water partition coefficient (Wildman–Crippen LogP) is 2.21. The molecule has 3 aromatic rings. The van der Waals surface area contributed by atoms with Gasteiger partial charge in [0.2, 0.25) is 5.88 Å². The molecule has 0 spiro atoms. The molecule has 0 saturated heterocycles. The second-order valence-electron chi connectivity index (χ2n) is 4.77. The van der Waals surface area contributed by atoms with Gasteiger partial charge in [-0.1, -0.05) is 18.2 Å². The zero-order valence-electron chi connectivity index (χ0n) is 12.2. The lowest BCUT2D eigenvalue weighted by atomic mass is 10.3. The van der Waals surface area contributed by atoms with E-state index in [2.05, 4.69) is 4.98 Å². The van der Waals surface area contributed by atoms with E-state index in [1.165, 1.54) is 31.4 Å². The maximum Gasteiger partial charge on any atom is 0.269 e. The third kappa shape index (κ3) is 2.74. The first-order valence-corrected chi connectivity index (χ1v) is 10.3. The van der Waals surface area contributed by atoms with Crippen LogP contribution in [0.3, 0.4) is 0 Å². The molecule has 0 N–H and O–H groups in total.